The minimum atomic E-state index is -0.175. The average Bonchev–Trinajstić information content (AvgIpc) is 2.79. The zero-order valence-corrected chi connectivity index (χ0v) is 15.9. The van der Waals surface area contributed by atoms with Gasteiger partial charge >= 0.3 is 0 Å². The van der Waals surface area contributed by atoms with Gasteiger partial charge in [0, 0.05) is 30.5 Å². The van der Waals surface area contributed by atoms with E-state index in [0.717, 1.165) is 12.8 Å². The number of nitrogens with zero attached hydrogens (tertiary/aromatic N) is 1. The minimum absolute atomic E-state index is 0. The molecular formula is C18H32ClN3O2. The number of carbonyl (C=O) groups is 2. The van der Waals surface area contributed by atoms with Gasteiger partial charge in [-0.15, -0.1) is 12.4 Å². The summed E-state index contributed by atoms with van der Waals surface area (Å²) in [6, 6.07) is 0.252. The molecule has 0 radical (unpaired) electrons. The van der Waals surface area contributed by atoms with Crippen LogP contribution in [0.25, 0.3) is 0 Å². The summed E-state index contributed by atoms with van der Waals surface area (Å²) in [5.41, 5.74) is 6.14. The summed E-state index contributed by atoms with van der Waals surface area (Å²) >= 11 is 0. The number of nitrogens with two attached hydrogens (primary N) is 1. The molecule has 1 heterocycles. The fourth-order valence-electron chi connectivity index (χ4n) is 4.77. The molecule has 2 amide bonds. The number of hydrogen-bond donors (Lipinski definition) is 2. The molecule has 3 aliphatic rings. The van der Waals surface area contributed by atoms with Crippen molar-refractivity contribution in [3.63, 3.8) is 0 Å². The van der Waals surface area contributed by atoms with Gasteiger partial charge in [-0.05, 0) is 58.3 Å². The highest BCUT2D eigenvalue weighted by molar-refractivity contribution is 5.85. The summed E-state index contributed by atoms with van der Waals surface area (Å²) in [6.45, 7) is 6.75. The standard InChI is InChI=1S/C18H31N3O2.ClH/c1-18(2,3)21-10-14(9-15(21)22)20-17(23)13-7-11-5-4-6-12(8-13)16(11)19;/h11-14,16H,4-10,19H2,1-3H3,(H,20,23);1H. The number of nitrogens with one attached hydrogen (secondary N) is 1. The molecule has 0 aromatic carbocycles. The lowest BCUT2D eigenvalue weighted by atomic mass is 9.65. The van der Waals surface area contributed by atoms with Crippen LogP contribution in [0.15, 0.2) is 0 Å². The highest BCUT2D eigenvalue weighted by Gasteiger charge is 2.42. The van der Waals surface area contributed by atoms with Crippen LogP contribution in [0.1, 0.15) is 59.3 Å². The molecular weight excluding hydrogens is 326 g/mol. The number of rotatable bonds is 2. The predicted octanol–water partition coefficient (Wildman–Crippen LogP) is 2.08. The average molecular weight is 358 g/mol. The van der Waals surface area contributed by atoms with Crippen molar-refractivity contribution in [1.82, 2.24) is 10.2 Å². The van der Waals surface area contributed by atoms with Gasteiger partial charge in [0.2, 0.25) is 11.8 Å². The van der Waals surface area contributed by atoms with Gasteiger partial charge in [-0.1, -0.05) is 6.42 Å². The second kappa shape index (κ2) is 7.20. The van der Waals surface area contributed by atoms with Gasteiger partial charge in [-0.2, -0.15) is 0 Å². The molecule has 24 heavy (non-hydrogen) atoms. The van der Waals surface area contributed by atoms with Gasteiger partial charge in [0.05, 0.1) is 6.04 Å². The lowest BCUT2D eigenvalue weighted by Crippen LogP contribution is -2.50. The van der Waals surface area contributed by atoms with Crippen molar-refractivity contribution in [3.05, 3.63) is 0 Å². The molecule has 0 aromatic rings. The van der Waals surface area contributed by atoms with Crippen LogP contribution in [0.4, 0.5) is 0 Å². The van der Waals surface area contributed by atoms with Crippen molar-refractivity contribution < 1.29 is 9.59 Å². The van der Waals surface area contributed by atoms with Crippen LogP contribution in [0, 0.1) is 17.8 Å². The van der Waals surface area contributed by atoms with Gasteiger partial charge in [0.25, 0.3) is 0 Å². The number of fused-ring (bicyclic) bond motifs is 2. The van der Waals surface area contributed by atoms with Crippen LogP contribution in [-0.2, 0) is 9.59 Å². The maximum absolute atomic E-state index is 12.7. The molecule has 6 heteroatoms. The lowest BCUT2D eigenvalue weighted by molar-refractivity contribution is -0.131. The molecule has 1 saturated heterocycles. The molecule has 3 fully saturated rings. The van der Waals surface area contributed by atoms with Crippen LogP contribution in [0.2, 0.25) is 0 Å². The minimum Gasteiger partial charge on any atom is -0.351 e. The predicted molar refractivity (Wildman–Crippen MR) is 96.8 cm³/mol. The Bertz CT molecular complexity index is 477. The highest BCUT2D eigenvalue weighted by atomic mass is 35.5. The van der Waals surface area contributed by atoms with E-state index < -0.39 is 0 Å². The second-order valence-corrected chi connectivity index (χ2v) is 8.78. The molecule has 5 nitrogen and oxygen atoms in total. The Balaban J connectivity index is 0.00000208. The fourth-order valence-corrected chi connectivity index (χ4v) is 4.77. The maximum Gasteiger partial charge on any atom is 0.225 e. The van der Waals surface area contributed by atoms with E-state index in [4.69, 9.17) is 5.73 Å². The number of halogens is 1. The Kier molecular flexibility index (Phi) is 5.86. The van der Waals surface area contributed by atoms with Crippen LogP contribution >= 0.6 is 12.4 Å². The normalized spacial score (nSPS) is 36.2. The van der Waals surface area contributed by atoms with Crippen molar-refractivity contribution in [2.24, 2.45) is 23.5 Å². The van der Waals surface area contributed by atoms with Crippen molar-refractivity contribution in [1.29, 1.82) is 0 Å². The van der Waals surface area contributed by atoms with Crippen molar-refractivity contribution >= 4 is 24.2 Å². The summed E-state index contributed by atoms with van der Waals surface area (Å²) in [6.07, 6.45) is 5.87. The summed E-state index contributed by atoms with van der Waals surface area (Å²) < 4.78 is 0. The van der Waals surface area contributed by atoms with Crippen molar-refractivity contribution in [2.45, 2.75) is 76.9 Å². The first kappa shape index (κ1) is 19.5. The third kappa shape index (κ3) is 3.88. The number of hydrogen-bond acceptors (Lipinski definition) is 3. The molecule has 2 bridgehead atoms. The van der Waals surface area contributed by atoms with Gasteiger partial charge in [-0.3, -0.25) is 9.59 Å². The molecule has 1 aliphatic heterocycles. The SMILES string of the molecule is CC(C)(C)N1CC(NC(=O)C2CC3CCCC(C2)C3N)CC1=O.Cl. The van der Waals surface area contributed by atoms with Crippen LogP contribution in [0.5, 0.6) is 0 Å². The first-order valence-corrected chi connectivity index (χ1v) is 9.12. The zero-order valence-electron chi connectivity index (χ0n) is 15.1. The summed E-state index contributed by atoms with van der Waals surface area (Å²) in [4.78, 5) is 26.7. The molecule has 3 rings (SSSR count). The van der Waals surface area contributed by atoms with Crippen molar-refractivity contribution in [3.8, 4) is 0 Å². The Morgan fingerprint density at radius 2 is 1.79 bits per heavy atom. The summed E-state index contributed by atoms with van der Waals surface area (Å²) in [5, 5.41) is 3.14. The van der Waals surface area contributed by atoms with Crippen LogP contribution < -0.4 is 11.1 Å². The molecule has 2 saturated carbocycles. The van der Waals surface area contributed by atoms with E-state index in [0.29, 0.717) is 24.8 Å². The Hall–Kier alpha value is -0.810. The second-order valence-electron chi connectivity index (χ2n) is 8.78. The van der Waals surface area contributed by atoms with Gasteiger partial charge in [-0.25, -0.2) is 0 Å². The molecule has 3 atom stereocenters. The topological polar surface area (TPSA) is 75.4 Å². The third-order valence-corrected chi connectivity index (χ3v) is 6.06. The van der Waals surface area contributed by atoms with E-state index in [2.05, 4.69) is 5.32 Å². The molecule has 3 unspecified atom stereocenters. The zero-order chi connectivity index (χ0) is 16.8. The smallest absolute Gasteiger partial charge is 0.225 e. The van der Waals surface area contributed by atoms with E-state index in [1.807, 2.05) is 25.7 Å². The van der Waals surface area contributed by atoms with E-state index in [-0.39, 0.29) is 47.8 Å². The van der Waals surface area contributed by atoms with Gasteiger partial charge in [0.15, 0.2) is 0 Å². The molecule has 0 aromatic heterocycles. The van der Waals surface area contributed by atoms with Gasteiger partial charge in [0.1, 0.15) is 0 Å². The highest BCUT2D eigenvalue weighted by Crippen LogP contribution is 2.42. The lowest BCUT2D eigenvalue weighted by Gasteiger charge is -2.43. The monoisotopic (exact) mass is 357 g/mol. The first-order valence-electron chi connectivity index (χ1n) is 9.12. The molecule has 0 spiro atoms. The number of likely N-dealkylation sites (tertiary alicyclic amines) is 1. The van der Waals surface area contributed by atoms with E-state index in [9.17, 15) is 9.59 Å². The van der Waals surface area contributed by atoms with E-state index in [1.54, 1.807) is 0 Å². The van der Waals surface area contributed by atoms with E-state index >= 15 is 0 Å². The van der Waals surface area contributed by atoms with Crippen LogP contribution in [0.3, 0.4) is 0 Å². The first-order chi connectivity index (χ1) is 10.8. The quantitative estimate of drug-likeness (QED) is 0.794. The summed E-state index contributed by atoms with van der Waals surface area (Å²) in [5.74, 6) is 1.39. The van der Waals surface area contributed by atoms with Crippen molar-refractivity contribution in [2.75, 3.05) is 6.54 Å². The Labute approximate surface area is 151 Å². The Morgan fingerprint density at radius 1 is 1.21 bits per heavy atom. The number of amides is 2. The van der Waals surface area contributed by atoms with E-state index in [1.165, 1.54) is 19.3 Å². The maximum atomic E-state index is 12.7. The molecule has 138 valence electrons. The molecule has 3 N–H and O–H groups in total. The number of carbonyl (C=O) groups excluding carboxylic acids is 2. The Morgan fingerprint density at radius 3 is 2.29 bits per heavy atom. The fraction of sp³-hybridized carbons (Fsp3) is 0.889. The summed E-state index contributed by atoms with van der Waals surface area (Å²) in [7, 11) is 0. The third-order valence-electron chi connectivity index (χ3n) is 6.06. The molecule has 2 aliphatic carbocycles. The largest absolute Gasteiger partial charge is 0.351 e. The van der Waals surface area contributed by atoms with Gasteiger partial charge < -0.3 is 16.0 Å². The van der Waals surface area contributed by atoms with Crippen LogP contribution in [-0.4, -0.2) is 40.9 Å².